The molecule has 2 rings (SSSR count). The molecule has 112 valence electrons. The zero-order chi connectivity index (χ0) is 14.4. The lowest BCUT2D eigenvalue weighted by molar-refractivity contribution is -0.153. The Hall–Kier alpha value is -1.39. The van der Waals surface area contributed by atoms with Crippen molar-refractivity contribution in [1.29, 1.82) is 0 Å². The Morgan fingerprint density at radius 1 is 1.10 bits per heavy atom. The van der Waals surface area contributed by atoms with Crippen molar-refractivity contribution in [1.82, 2.24) is 0 Å². The molecule has 0 aromatic heterocycles. The lowest BCUT2D eigenvalue weighted by Gasteiger charge is -2.23. The molecule has 1 aliphatic rings. The standard InChI is InChI=1S/C15H20F3NO/c16-15(17,18)11-20-14-9-5-4-8-13(14)19-10-12-6-2-1-3-7-12/h4-5,8-9,12,19H,1-3,6-7,10-11H2. The number of halogens is 3. The van der Waals surface area contributed by atoms with Gasteiger partial charge in [0, 0.05) is 6.54 Å². The second kappa shape index (κ2) is 6.86. The van der Waals surface area contributed by atoms with Gasteiger partial charge in [0.25, 0.3) is 0 Å². The highest BCUT2D eigenvalue weighted by atomic mass is 19.4. The molecular formula is C15H20F3NO. The van der Waals surface area contributed by atoms with Gasteiger partial charge in [-0.3, -0.25) is 0 Å². The molecule has 1 fully saturated rings. The van der Waals surface area contributed by atoms with Crippen LogP contribution in [0.1, 0.15) is 32.1 Å². The minimum Gasteiger partial charge on any atom is -0.482 e. The first-order valence-electron chi connectivity index (χ1n) is 7.07. The van der Waals surface area contributed by atoms with Crippen molar-refractivity contribution < 1.29 is 17.9 Å². The molecule has 0 unspecified atom stereocenters. The topological polar surface area (TPSA) is 21.3 Å². The summed E-state index contributed by atoms with van der Waals surface area (Å²) in [5.41, 5.74) is 0.641. The first-order valence-corrected chi connectivity index (χ1v) is 7.07. The van der Waals surface area contributed by atoms with Crippen molar-refractivity contribution in [2.45, 2.75) is 38.3 Å². The van der Waals surface area contributed by atoms with E-state index in [2.05, 4.69) is 5.32 Å². The maximum atomic E-state index is 12.2. The first-order chi connectivity index (χ1) is 9.54. The van der Waals surface area contributed by atoms with Crippen molar-refractivity contribution in [3.05, 3.63) is 24.3 Å². The fraction of sp³-hybridized carbons (Fsp3) is 0.600. The molecule has 0 atom stereocenters. The molecule has 1 aromatic rings. The van der Waals surface area contributed by atoms with E-state index in [-0.39, 0.29) is 5.75 Å². The molecule has 2 nitrogen and oxygen atoms in total. The third kappa shape index (κ3) is 4.94. The molecule has 1 N–H and O–H groups in total. The highest BCUT2D eigenvalue weighted by molar-refractivity contribution is 5.56. The Kier molecular flexibility index (Phi) is 5.15. The Labute approximate surface area is 117 Å². The maximum Gasteiger partial charge on any atom is 0.422 e. The summed E-state index contributed by atoms with van der Waals surface area (Å²) in [6.07, 6.45) is 1.87. The predicted molar refractivity (Wildman–Crippen MR) is 73.1 cm³/mol. The van der Waals surface area contributed by atoms with E-state index >= 15 is 0 Å². The lowest BCUT2D eigenvalue weighted by Crippen LogP contribution is -2.21. The number of rotatable bonds is 5. The van der Waals surface area contributed by atoms with Gasteiger partial charge in [0.1, 0.15) is 5.75 Å². The highest BCUT2D eigenvalue weighted by Gasteiger charge is 2.28. The van der Waals surface area contributed by atoms with E-state index in [1.807, 2.05) is 0 Å². The van der Waals surface area contributed by atoms with Gasteiger partial charge >= 0.3 is 6.18 Å². The number of ether oxygens (including phenoxy) is 1. The van der Waals surface area contributed by atoms with Gasteiger partial charge in [-0.15, -0.1) is 0 Å². The van der Waals surface area contributed by atoms with E-state index in [1.54, 1.807) is 24.3 Å². The summed E-state index contributed by atoms with van der Waals surface area (Å²) in [4.78, 5) is 0. The average molecular weight is 287 g/mol. The number of hydrogen-bond acceptors (Lipinski definition) is 2. The van der Waals surface area contributed by atoms with Crippen LogP contribution in [0.25, 0.3) is 0 Å². The summed E-state index contributed by atoms with van der Waals surface area (Å²) in [5.74, 6) is 0.875. The molecule has 0 heterocycles. The molecule has 0 amide bonds. The quantitative estimate of drug-likeness (QED) is 0.853. The number of benzene rings is 1. The summed E-state index contributed by atoms with van der Waals surface area (Å²) >= 11 is 0. The van der Waals surface area contributed by atoms with Crippen LogP contribution in [0, 0.1) is 5.92 Å². The number of hydrogen-bond donors (Lipinski definition) is 1. The van der Waals surface area contributed by atoms with Crippen LogP contribution < -0.4 is 10.1 Å². The second-order valence-electron chi connectivity index (χ2n) is 5.28. The van der Waals surface area contributed by atoms with Crippen molar-refractivity contribution in [3.63, 3.8) is 0 Å². The first kappa shape index (κ1) is 15.0. The van der Waals surface area contributed by atoms with E-state index in [0.29, 0.717) is 11.6 Å². The van der Waals surface area contributed by atoms with Crippen LogP contribution in [0.4, 0.5) is 18.9 Å². The fourth-order valence-corrected chi connectivity index (χ4v) is 2.54. The van der Waals surface area contributed by atoms with Gasteiger partial charge in [-0.25, -0.2) is 0 Å². The van der Waals surface area contributed by atoms with E-state index in [9.17, 15) is 13.2 Å². The Balaban J connectivity index is 1.89. The van der Waals surface area contributed by atoms with Gasteiger partial charge in [0.2, 0.25) is 0 Å². The van der Waals surface area contributed by atoms with Gasteiger partial charge in [-0.05, 0) is 30.9 Å². The molecule has 1 aromatic carbocycles. The number of anilines is 1. The molecule has 1 aliphatic carbocycles. The molecule has 0 spiro atoms. The monoisotopic (exact) mass is 287 g/mol. The number of alkyl halides is 3. The Bertz CT molecular complexity index is 414. The van der Waals surface area contributed by atoms with Gasteiger partial charge in [-0.1, -0.05) is 31.4 Å². The summed E-state index contributed by atoms with van der Waals surface area (Å²) in [5, 5.41) is 3.23. The number of nitrogens with one attached hydrogen (secondary N) is 1. The van der Waals surface area contributed by atoms with E-state index < -0.39 is 12.8 Å². The van der Waals surface area contributed by atoms with Crippen molar-refractivity contribution in [2.75, 3.05) is 18.5 Å². The Morgan fingerprint density at radius 3 is 2.50 bits per heavy atom. The molecule has 20 heavy (non-hydrogen) atoms. The van der Waals surface area contributed by atoms with Crippen molar-refractivity contribution >= 4 is 5.69 Å². The van der Waals surface area contributed by atoms with Crippen molar-refractivity contribution in [2.24, 2.45) is 5.92 Å². The third-order valence-electron chi connectivity index (χ3n) is 3.58. The maximum absolute atomic E-state index is 12.2. The zero-order valence-corrected chi connectivity index (χ0v) is 11.4. The van der Waals surface area contributed by atoms with Crippen molar-refractivity contribution in [3.8, 4) is 5.75 Å². The average Bonchev–Trinajstić information content (AvgIpc) is 2.44. The fourth-order valence-electron chi connectivity index (χ4n) is 2.54. The molecule has 0 saturated heterocycles. The molecule has 1 saturated carbocycles. The largest absolute Gasteiger partial charge is 0.482 e. The van der Waals surface area contributed by atoms with Crippen LogP contribution in [-0.2, 0) is 0 Å². The van der Waals surface area contributed by atoms with Crippen LogP contribution in [0.3, 0.4) is 0 Å². The minimum absolute atomic E-state index is 0.264. The summed E-state index contributed by atoms with van der Waals surface area (Å²) in [7, 11) is 0. The van der Waals surface area contributed by atoms with Gasteiger partial charge in [0.15, 0.2) is 6.61 Å². The Morgan fingerprint density at radius 2 is 1.80 bits per heavy atom. The molecule has 0 bridgehead atoms. The van der Waals surface area contributed by atoms with Crippen LogP contribution in [0.15, 0.2) is 24.3 Å². The lowest BCUT2D eigenvalue weighted by atomic mass is 9.89. The molecule has 0 radical (unpaired) electrons. The second-order valence-corrected chi connectivity index (χ2v) is 5.28. The van der Waals surface area contributed by atoms with Gasteiger partial charge in [-0.2, -0.15) is 13.2 Å². The predicted octanol–water partition coefficient (Wildman–Crippen LogP) is 4.62. The van der Waals surface area contributed by atoms with Gasteiger partial charge < -0.3 is 10.1 Å². The normalized spacial score (nSPS) is 16.9. The summed E-state index contributed by atoms with van der Waals surface area (Å²) in [6.45, 7) is -0.457. The van der Waals surface area contributed by atoms with E-state index in [4.69, 9.17) is 4.74 Å². The minimum atomic E-state index is -4.31. The summed E-state index contributed by atoms with van der Waals surface area (Å²) < 4.78 is 41.5. The smallest absolute Gasteiger partial charge is 0.422 e. The third-order valence-corrected chi connectivity index (χ3v) is 3.58. The molecule has 5 heteroatoms. The SMILES string of the molecule is FC(F)(F)COc1ccccc1NCC1CCCCC1. The molecule has 0 aliphatic heterocycles. The van der Waals surface area contributed by atoms with Gasteiger partial charge in [0.05, 0.1) is 5.69 Å². The molecular weight excluding hydrogens is 267 g/mol. The van der Waals surface area contributed by atoms with Crippen LogP contribution in [-0.4, -0.2) is 19.3 Å². The van der Waals surface area contributed by atoms with E-state index in [0.717, 1.165) is 6.54 Å². The highest BCUT2D eigenvalue weighted by Crippen LogP contribution is 2.28. The summed E-state index contributed by atoms with van der Waals surface area (Å²) in [6, 6.07) is 6.80. The zero-order valence-electron chi connectivity index (χ0n) is 11.4. The van der Waals surface area contributed by atoms with Crippen LogP contribution >= 0.6 is 0 Å². The van der Waals surface area contributed by atoms with Crippen LogP contribution in [0.2, 0.25) is 0 Å². The van der Waals surface area contributed by atoms with E-state index in [1.165, 1.54) is 32.1 Å². The number of para-hydroxylation sites is 2. The van der Waals surface area contributed by atoms with Crippen LogP contribution in [0.5, 0.6) is 5.75 Å².